The Morgan fingerprint density at radius 2 is 1.60 bits per heavy atom. The van der Waals surface area contributed by atoms with E-state index in [0.717, 1.165) is 0 Å². The summed E-state index contributed by atoms with van der Waals surface area (Å²) in [4.78, 5) is 0. The molecule has 1 aromatic carbocycles. The molecule has 0 N–H and O–H groups in total. The molecule has 1 fully saturated rings. The number of benzene rings is 1. The first-order chi connectivity index (χ1) is 7.18. The van der Waals surface area contributed by atoms with E-state index in [2.05, 4.69) is 0 Å². The highest BCUT2D eigenvalue weighted by molar-refractivity contribution is 5.22. The van der Waals surface area contributed by atoms with Crippen molar-refractivity contribution in [2.45, 2.75) is 37.3 Å². The predicted octanol–water partition coefficient (Wildman–Crippen LogP) is 3.58. The van der Waals surface area contributed by atoms with Gasteiger partial charge in [-0.25, -0.2) is 13.2 Å². The first-order valence-corrected chi connectivity index (χ1v) is 5.15. The standard InChI is InChI=1S/C12H13F3/c13-9-6-10(12(15)11(14)7-9)8-4-2-1-3-5-8/h1-5,9-12H,6-7H2/t9-,10-,11-,12-/m1/s1. The van der Waals surface area contributed by atoms with Crippen molar-refractivity contribution in [1.82, 2.24) is 0 Å². The van der Waals surface area contributed by atoms with Gasteiger partial charge >= 0.3 is 0 Å². The minimum absolute atomic E-state index is 0.0889. The molecule has 0 bridgehead atoms. The molecule has 1 aliphatic rings. The maximum atomic E-state index is 13.6. The zero-order valence-corrected chi connectivity index (χ0v) is 8.24. The van der Waals surface area contributed by atoms with Crippen LogP contribution in [0.3, 0.4) is 0 Å². The predicted molar refractivity (Wildman–Crippen MR) is 53.1 cm³/mol. The van der Waals surface area contributed by atoms with E-state index < -0.39 is 24.4 Å². The largest absolute Gasteiger partial charge is 0.247 e. The minimum Gasteiger partial charge on any atom is -0.247 e. The summed E-state index contributed by atoms with van der Waals surface area (Å²) in [6, 6.07) is 8.78. The van der Waals surface area contributed by atoms with E-state index in [1.807, 2.05) is 0 Å². The lowest BCUT2D eigenvalue weighted by molar-refractivity contribution is 0.0542. The number of alkyl halides is 3. The second kappa shape index (κ2) is 4.25. The monoisotopic (exact) mass is 214 g/mol. The smallest absolute Gasteiger partial charge is 0.138 e. The topological polar surface area (TPSA) is 0 Å². The summed E-state index contributed by atoms with van der Waals surface area (Å²) in [5.41, 5.74) is 0.690. The minimum atomic E-state index is -1.67. The van der Waals surface area contributed by atoms with Crippen LogP contribution in [-0.2, 0) is 0 Å². The molecular weight excluding hydrogens is 201 g/mol. The SMILES string of the molecule is F[C@H]1C[C@@H](F)[C@H](F)[C@@H](c2ccccc2)C1. The van der Waals surface area contributed by atoms with Crippen molar-refractivity contribution in [2.24, 2.45) is 0 Å². The molecule has 0 saturated heterocycles. The molecule has 0 aliphatic heterocycles. The molecule has 0 spiro atoms. The fraction of sp³-hybridized carbons (Fsp3) is 0.500. The van der Waals surface area contributed by atoms with E-state index in [9.17, 15) is 13.2 Å². The van der Waals surface area contributed by atoms with Gasteiger partial charge in [-0.2, -0.15) is 0 Å². The van der Waals surface area contributed by atoms with Crippen molar-refractivity contribution in [3.8, 4) is 0 Å². The first kappa shape index (κ1) is 10.5. The van der Waals surface area contributed by atoms with Gasteiger partial charge in [0.25, 0.3) is 0 Å². The number of halogens is 3. The Morgan fingerprint density at radius 1 is 0.933 bits per heavy atom. The molecular formula is C12H13F3. The lowest BCUT2D eigenvalue weighted by Gasteiger charge is -2.31. The molecule has 0 amide bonds. The van der Waals surface area contributed by atoms with Crippen LogP contribution >= 0.6 is 0 Å². The van der Waals surface area contributed by atoms with Gasteiger partial charge < -0.3 is 0 Å². The molecule has 0 unspecified atom stereocenters. The molecule has 0 aromatic heterocycles. The van der Waals surface area contributed by atoms with Crippen molar-refractivity contribution in [3.05, 3.63) is 35.9 Å². The van der Waals surface area contributed by atoms with Crippen molar-refractivity contribution in [3.63, 3.8) is 0 Å². The molecule has 1 aromatic rings. The van der Waals surface area contributed by atoms with Gasteiger partial charge in [0.15, 0.2) is 0 Å². The molecule has 0 radical (unpaired) electrons. The van der Waals surface area contributed by atoms with Gasteiger partial charge in [0.05, 0.1) is 0 Å². The van der Waals surface area contributed by atoms with Crippen molar-refractivity contribution in [2.75, 3.05) is 0 Å². The Hall–Kier alpha value is -0.990. The Balaban J connectivity index is 2.20. The highest BCUT2D eigenvalue weighted by atomic mass is 19.2. The molecule has 2 rings (SSSR count). The second-order valence-electron chi connectivity index (χ2n) is 4.05. The Labute approximate surface area is 87.1 Å². The van der Waals surface area contributed by atoms with E-state index in [4.69, 9.17) is 0 Å². The summed E-state index contributed by atoms with van der Waals surface area (Å²) in [6.07, 6.45) is -4.67. The van der Waals surface area contributed by atoms with Crippen LogP contribution in [0.1, 0.15) is 24.3 Å². The lowest BCUT2D eigenvalue weighted by atomic mass is 9.81. The highest BCUT2D eigenvalue weighted by Crippen LogP contribution is 2.37. The van der Waals surface area contributed by atoms with Crippen LogP contribution in [0.5, 0.6) is 0 Å². The first-order valence-electron chi connectivity index (χ1n) is 5.15. The second-order valence-corrected chi connectivity index (χ2v) is 4.05. The Morgan fingerprint density at radius 3 is 2.27 bits per heavy atom. The van der Waals surface area contributed by atoms with Gasteiger partial charge in [-0.15, -0.1) is 0 Å². The van der Waals surface area contributed by atoms with Crippen LogP contribution in [0, 0.1) is 0 Å². The molecule has 15 heavy (non-hydrogen) atoms. The van der Waals surface area contributed by atoms with Gasteiger partial charge in [-0.3, -0.25) is 0 Å². The molecule has 0 nitrogen and oxygen atoms in total. The average Bonchev–Trinajstić information content (AvgIpc) is 2.24. The van der Waals surface area contributed by atoms with Crippen molar-refractivity contribution < 1.29 is 13.2 Å². The molecule has 0 heterocycles. The van der Waals surface area contributed by atoms with E-state index in [1.165, 1.54) is 0 Å². The van der Waals surface area contributed by atoms with Gasteiger partial charge in [-0.1, -0.05) is 30.3 Å². The van der Waals surface area contributed by atoms with Gasteiger partial charge in [0.1, 0.15) is 18.5 Å². The van der Waals surface area contributed by atoms with Crippen molar-refractivity contribution in [1.29, 1.82) is 0 Å². The molecule has 1 saturated carbocycles. The van der Waals surface area contributed by atoms with E-state index >= 15 is 0 Å². The quantitative estimate of drug-likeness (QED) is 0.670. The van der Waals surface area contributed by atoms with Crippen molar-refractivity contribution >= 4 is 0 Å². The average molecular weight is 214 g/mol. The summed E-state index contributed by atoms with van der Waals surface area (Å²) in [5, 5.41) is 0. The zero-order valence-electron chi connectivity index (χ0n) is 8.24. The summed E-state index contributed by atoms with van der Waals surface area (Å²) >= 11 is 0. The van der Waals surface area contributed by atoms with Crippen LogP contribution in [0.2, 0.25) is 0 Å². The molecule has 82 valence electrons. The Bertz CT molecular complexity index is 312. The zero-order chi connectivity index (χ0) is 10.8. The third-order valence-corrected chi connectivity index (χ3v) is 2.95. The number of hydrogen-bond acceptors (Lipinski definition) is 0. The van der Waals surface area contributed by atoms with E-state index in [0.29, 0.717) is 5.56 Å². The summed E-state index contributed by atoms with van der Waals surface area (Å²) in [6.45, 7) is 0. The molecule has 1 aliphatic carbocycles. The van der Waals surface area contributed by atoms with E-state index in [-0.39, 0.29) is 12.8 Å². The van der Waals surface area contributed by atoms with Crippen LogP contribution in [0.25, 0.3) is 0 Å². The Kier molecular flexibility index (Phi) is 2.98. The maximum Gasteiger partial charge on any atom is 0.138 e. The van der Waals surface area contributed by atoms with Gasteiger partial charge in [0.2, 0.25) is 0 Å². The number of rotatable bonds is 1. The van der Waals surface area contributed by atoms with Crippen LogP contribution in [0.4, 0.5) is 13.2 Å². The summed E-state index contributed by atoms with van der Waals surface area (Å²) in [5.74, 6) is -0.634. The maximum absolute atomic E-state index is 13.6. The van der Waals surface area contributed by atoms with Gasteiger partial charge in [-0.05, 0) is 12.0 Å². The molecule has 4 atom stereocenters. The third kappa shape index (κ3) is 2.16. The lowest BCUT2D eigenvalue weighted by Crippen LogP contribution is -2.35. The summed E-state index contributed by atoms with van der Waals surface area (Å²) in [7, 11) is 0. The fourth-order valence-corrected chi connectivity index (χ4v) is 2.15. The van der Waals surface area contributed by atoms with Crippen LogP contribution < -0.4 is 0 Å². The third-order valence-electron chi connectivity index (χ3n) is 2.95. The van der Waals surface area contributed by atoms with E-state index in [1.54, 1.807) is 30.3 Å². The highest BCUT2D eigenvalue weighted by Gasteiger charge is 2.39. The van der Waals surface area contributed by atoms with Crippen LogP contribution in [-0.4, -0.2) is 18.5 Å². The van der Waals surface area contributed by atoms with Crippen LogP contribution in [0.15, 0.2) is 30.3 Å². The number of hydrogen-bond donors (Lipinski definition) is 0. The molecule has 3 heteroatoms. The summed E-state index contributed by atoms with van der Waals surface area (Å²) < 4.78 is 39.8. The fourth-order valence-electron chi connectivity index (χ4n) is 2.15. The van der Waals surface area contributed by atoms with Gasteiger partial charge in [0, 0.05) is 12.3 Å². The normalized spacial score (nSPS) is 36.5.